The van der Waals surface area contributed by atoms with Crippen molar-refractivity contribution in [1.82, 2.24) is 14.7 Å². The first-order valence-electron chi connectivity index (χ1n) is 4.78. The van der Waals surface area contributed by atoms with Crippen molar-refractivity contribution in [1.29, 1.82) is 0 Å². The van der Waals surface area contributed by atoms with E-state index in [1.54, 1.807) is 18.1 Å². The molecule has 1 heterocycles. The fraction of sp³-hybridized carbons (Fsp3) is 0.778. The molecule has 3 nitrogen and oxygen atoms in total. The molecule has 0 saturated carbocycles. The summed E-state index contributed by atoms with van der Waals surface area (Å²) in [6.07, 6.45) is 2.76. The molecule has 1 rings (SSSR count). The zero-order chi connectivity index (χ0) is 10.4. The molecule has 0 aromatic carbocycles. The number of hydrogen-bond acceptors (Lipinski definition) is 5. The van der Waals surface area contributed by atoms with Crippen molar-refractivity contribution in [2.75, 3.05) is 12.3 Å². The fourth-order valence-corrected chi connectivity index (χ4v) is 2.25. The molecule has 1 aromatic heterocycles. The van der Waals surface area contributed by atoms with Crippen LogP contribution in [-0.2, 0) is 0 Å². The maximum Gasteiger partial charge on any atom is 0.169 e. The second-order valence-electron chi connectivity index (χ2n) is 3.72. The molecule has 0 unspecified atom stereocenters. The van der Waals surface area contributed by atoms with Gasteiger partial charge in [-0.25, -0.2) is 4.98 Å². The van der Waals surface area contributed by atoms with Gasteiger partial charge >= 0.3 is 0 Å². The maximum absolute atomic E-state index is 4.11. The van der Waals surface area contributed by atoms with Crippen LogP contribution in [0.25, 0.3) is 0 Å². The summed E-state index contributed by atoms with van der Waals surface area (Å²) in [5.74, 6) is 1.05. The Balaban J connectivity index is 2.11. The van der Waals surface area contributed by atoms with Gasteiger partial charge in [-0.3, -0.25) is 0 Å². The lowest BCUT2D eigenvalue weighted by Gasteiger charge is -2.24. The Morgan fingerprint density at radius 2 is 2.36 bits per heavy atom. The van der Waals surface area contributed by atoms with Crippen LogP contribution < -0.4 is 5.32 Å². The van der Waals surface area contributed by atoms with Crippen LogP contribution in [0.15, 0.2) is 10.7 Å². The SMILES string of the molecule is CCC(C)(C)NCCSc1ncns1. The molecule has 14 heavy (non-hydrogen) atoms. The van der Waals surface area contributed by atoms with E-state index in [2.05, 4.69) is 35.4 Å². The van der Waals surface area contributed by atoms with Gasteiger partial charge in [0, 0.05) is 17.8 Å². The van der Waals surface area contributed by atoms with Crippen LogP contribution in [0.1, 0.15) is 27.2 Å². The normalized spacial score (nSPS) is 11.9. The molecule has 0 fully saturated rings. The van der Waals surface area contributed by atoms with E-state index in [9.17, 15) is 0 Å². The summed E-state index contributed by atoms with van der Waals surface area (Å²) in [7, 11) is 0. The largest absolute Gasteiger partial charge is 0.311 e. The summed E-state index contributed by atoms with van der Waals surface area (Å²) in [6, 6.07) is 0. The first-order valence-corrected chi connectivity index (χ1v) is 6.54. The zero-order valence-electron chi connectivity index (χ0n) is 8.91. The average molecular weight is 231 g/mol. The Bertz CT molecular complexity index is 247. The Morgan fingerprint density at radius 3 is 2.93 bits per heavy atom. The highest BCUT2D eigenvalue weighted by atomic mass is 32.2. The van der Waals surface area contributed by atoms with Crippen LogP contribution in [0, 0.1) is 0 Å². The molecule has 0 aliphatic heterocycles. The predicted octanol–water partition coefficient (Wildman–Crippen LogP) is 2.41. The van der Waals surface area contributed by atoms with Gasteiger partial charge in [0.05, 0.1) is 0 Å². The van der Waals surface area contributed by atoms with Crippen molar-refractivity contribution in [3.63, 3.8) is 0 Å². The zero-order valence-corrected chi connectivity index (χ0v) is 10.5. The van der Waals surface area contributed by atoms with E-state index in [1.807, 2.05) is 0 Å². The quantitative estimate of drug-likeness (QED) is 0.603. The summed E-state index contributed by atoms with van der Waals surface area (Å²) in [5.41, 5.74) is 0.252. The molecule has 5 heteroatoms. The second-order valence-corrected chi connectivity index (χ2v) is 5.84. The number of aromatic nitrogens is 2. The van der Waals surface area contributed by atoms with Crippen molar-refractivity contribution >= 4 is 23.3 Å². The molecule has 0 saturated heterocycles. The van der Waals surface area contributed by atoms with E-state index in [1.165, 1.54) is 11.5 Å². The van der Waals surface area contributed by atoms with E-state index in [0.717, 1.165) is 23.1 Å². The third-order valence-electron chi connectivity index (χ3n) is 2.16. The molecule has 0 aliphatic rings. The van der Waals surface area contributed by atoms with E-state index < -0.39 is 0 Å². The van der Waals surface area contributed by atoms with Crippen LogP contribution in [-0.4, -0.2) is 27.2 Å². The molecule has 80 valence electrons. The van der Waals surface area contributed by atoms with E-state index in [4.69, 9.17) is 0 Å². The van der Waals surface area contributed by atoms with Crippen molar-refractivity contribution in [2.24, 2.45) is 0 Å². The highest BCUT2D eigenvalue weighted by molar-refractivity contribution is 8.00. The molecular formula is C9H17N3S2. The molecule has 0 radical (unpaired) electrons. The standard InChI is InChI=1S/C9H17N3S2/c1-4-9(2,3)11-5-6-13-8-10-7-12-14-8/h7,11H,4-6H2,1-3H3. The summed E-state index contributed by atoms with van der Waals surface area (Å²) in [6.45, 7) is 7.67. The number of nitrogens with one attached hydrogen (secondary N) is 1. The lowest BCUT2D eigenvalue weighted by molar-refractivity contribution is 0.388. The van der Waals surface area contributed by atoms with Gasteiger partial charge in [0.2, 0.25) is 0 Å². The van der Waals surface area contributed by atoms with Gasteiger partial charge < -0.3 is 5.32 Å². The summed E-state index contributed by atoms with van der Waals surface area (Å²) < 4.78 is 5.01. The van der Waals surface area contributed by atoms with Crippen LogP contribution in [0.3, 0.4) is 0 Å². The minimum Gasteiger partial charge on any atom is -0.311 e. The molecular weight excluding hydrogens is 214 g/mol. The monoisotopic (exact) mass is 231 g/mol. The molecule has 0 bridgehead atoms. The van der Waals surface area contributed by atoms with E-state index >= 15 is 0 Å². The highest BCUT2D eigenvalue weighted by Crippen LogP contribution is 2.17. The third kappa shape index (κ3) is 4.39. The Kier molecular flexibility index (Phi) is 4.84. The van der Waals surface area contributed by atoms with Crippen LogP contribution >= 0.6 is 23.3 Å². The van der Waals surface area contributed by atoms with E-state index in [0.29, 0.717) is 0 Å². The lowest BCUT2D eigenvalue weighted by Crippen LogP contribution is -2.39. The summed E-state index contributed by atoms with van der Waals surface area (Å²) in [4.78, 5) is 4.11. The van der Waals surface area contributed by atoms with Gasteiger partial charge in [0.25, 0.3) is 0 Å². The average Bonchev–Trinajstić information content (AvgIpc) is 2.65. The fourth-order valence-electron chi connectivity index (χ4n) is 0.879. The van der Waals surface area contributed by atoms with Gasteiger partial charge in [-0.1, -0.05) is 18.7 Å². The molecule has 0 aliphatic carbocycles. The minimum absolute atomic E-state index is 0.252. The van der Waals surface area contributed by atoms with Gasteiger partial charge in [0.1, 0.15) is 6.33 Å². The number of rotatable bonds is 6. The smallest absolute Gasteiger partial charge is 0.169 e. The van der Waals surface area contributed by atoms with Gasteiger partial charge in [-0.2, -0.15) is 4.37 Å². The highest BCUT2D eigenvalue weighted by Gasteiger charge is 2.12. The van der Waals surface area contributed by atoms with Crippen molar-refractivity contribution in [3.05, 3.63) is 6.33 Å². The first kappa shape index (κ1) is 11.9. The molecule has 0 atom stereocenters. The van der Waals surface area contributed by atoms with Crippen LogP contribution in [0.5, 0.6) is 0 Å². The number of nitrogens with zero attached hydrogens (tertiary/aromatic N) is 2. The van der Waals surface area contributed by atoms with Gasteiger partial charge in [-0.15, -0.1) is 0 Å². The summed E-state index contributed by atoms with van der Waals surface area (Å²) >= 11 is 3.22. The Morgan fingerprint density at radius 1 is 1.57 bits per heavy atom. The second kappa shape index (κ2) is 5.68. The first-order chi connectivity index (χ1) is 6.64. The maximum atomic E-state index is 4.11. The summed E-state index contributed by atoms with van der Waals surface area (Å²) in [5, 5.41) is 3.51. The molecule has 0 amide bonds. The van der Waals surface area contributed by atoms with Crippen molar-refractivity contribution < 1.29 is 0 Å². The van der Waals surface area contributed by atoms with Crippen molar-refractivity contribution in [2.45, 2.75) is 37.1 Å². The van der Waals surface area contributed by atoms with Crippen molar-refractivity contribution in [3.8, 4) is 0 Å². The number of thioether (sulfide) groups is 1. The van der Waals surface area contributed by atoms with Gasteiger partial charge in [-0.05, 0) is 31.8 Å². The predicted molar refractivity (Wildman–Crippen MR) is 63.0 cm³/mol. The third-order valence-corrected chi connectivity index (χ3v) is 3.96. The number of hydrogen-bond donors (Lipinski definition) is 1. The topological polar surface area (TPSA) is 37.8 Å². The lowest BCUT2D eigenvalue weighted by atomic mass is 10.0. The van der Waals surface area contributed by atoms with Gasteiger partial charge in [0.15, 0.2) is 4.34 Å². The molecule has 1 N–H and O–H groups in total. The Hall–Kier alpha value is -0.130. The Labute approximate surface area is 93.9 Å². The van der Waals surface area contributed by atoms with Crippen LogP contribution in [0.4, 0.5) is 0 Å². The molecule has 1 aromatic rings. The molecule has 0 spiro atoms. The minimum atomic E-state index is 0.252. The van der Waals surface area contributed by atoms with E-state index in [-0.39, 0.29) is 5.54 Å². The van der Waals surface area contributed by atoms with Crippen LogP contribution in [0.2, 0.25) is 0 Å².